The molecule has 0 bridgehead atoms. The van der Waals surface area contributed by atoms with Crippen LogP contribution in [-0.4, -0.2) is 44.7 Å². The molecule has 1 amide bonds. The number of carbonyl (C=O) groups excluding carboxylic acids is 1. The molecule has 5 nitrogen and oxygen atoms in total. The van der Waals surface area contributed by atoms with Crippen LogP contribution in [0.3, 0.4) is 0 Å². The fraction of sp³-hybridized carbons (Fsp3) is 0.316. The van der Waals surface area contributed by atoms with Crippen LogP contribution in [0.5, 0.6) is 11.5 Å². The molecule has 24 heavy (non-hydrogen) atoms. The number of nitrogens with zero attached hydrogens (tertiary/aromatic N) is 1. The Hall–Kier alpha value is -2.53. The van der Waals surface area contributed by atoms with Gasteiger partial charge in [0.1, 0.15) is 17.6 Å². The first-order chi connectivity index (χ1) is 11.7. The highest BCUT2D eigenvalue weighted by Crippen LogP contribution is 2.28. The summed E-state index contributed by atoms with van der Waals surface area (Å²) in [5.74, 6) is 1.12. The van der Waals surface area contributed by atoms with E-state index in [0.717, 1.165) is 5.56 Å². The second-order valence-corrected chi connectivity index (χ2v) is 5.59. The molecule has 0 aliphatic carbocycles. The Balaban J connectivity index is 1.80. The van der Waals surface area contributed by atoms with E-state index < -0.39 is 0 Å². The van der Waals surface area contributed by atoms with Gasteiger partial charge >= 0.3 is 0 Å². The Kier molecular flexibility index (Phi) is 5.01. The molecule has 1 heterocycles. The summed E-state index contributed by atoms with van der Waals surface area (Å²) in [6.45, 7) is 1.61. The monoisotopic (exact) mass is 327 g/mol. The molecule has 2 aromatic carbocycles. The largest absolute Gasteiger partial charge is 0.497 e. The lowest BCUT2D eigenvalue weighted by Crippen LogP contribution is -2.42. The van der Waals surface area contributed by atoms with E-state index in [-0.39, 0.29) is 12.0 Å². The van der Waals surface area contributed by atoms with Crippen LogP contribution in [0.2, 0.25) is 0 Å². The molecule has 0 spiro atoms. The van der Waals surface area contributed by atoms with Crippen LogP contribution in [0.4, 0.5) is 0 Å². The van der Waals surface area contributed by atoms with Crippen molar-refractivity contribution >= 4 is 5.91 Å². The Morgan fingerprint density at radius 3 is 2.62 bits per heavy atom. The first kappa shape index (κ1) is 16.3. The molecule has 1 aliphatic rings. The topological polar surface area (TPSA) is 48.0 Å². The van der Waals surface area contributed by atoms with Gasteiger partial charge in [0, 0.05) is 12.6 Å². The van der Waals surface area contributed by atoms with E-state index in [1.54, 1.807) is 32.4 Å². The smallest absolute Gasteiger partial charge is 0.257 e. The van der Waals surface area contributed by atoms with E-state index in [1.165, 1.54) is 0 Å². The normalized spacial score (nSPS) is 17.4. The highest BCUT2D eigenvalue weighted by molar-refractivity contribution is 5.97. The molecule has 3 rings (SSSR count). The van der Waals surface area contributed by atoms with Gasteiger partial charge in [-0.05, 0) is 17.7 Å². The number of hydrogen-bond acceptors (Lipinski definition) is 4. The molecule has 2 aromatic rings. The van der Waals surface area contributed by atoms with Gasteiger partial charge in [0.15, 0.2) is 0 Å². The zero-order chi connectivity index (χ0) is 16.9. The van der Waals surface area contributed by atoms with Gasteiger partial charge in [0.25, 0.3) is 5.91 Å². The SMILES string of the molecule is COc1ccc(C(=O)N2CCOC(c3ccccc3)C2)c(OC)c1. The summed E-state index contributed by atoms with van der Waals surface area (Å²) in [7, 11) is 3.14. The number of methoxy groups -OCH3 is 2. The number of amides is 1. The highest BCUT2D eigenvalue weighted by Gasteiger charge is 2.27. The second kappa shape index (κ2) is 7.36. The van der Waals surface area contributed by atoms with Gasteiger partial charge in [-0.25, -0.2) is 0 Å². The van der Waals surface area contributed by atoms with E-state index in [4.69, 9.17) is 14.2 Å². The van der Waals surface area contributed by atoms with Crippen molar-refractivity contribution < 1.29 is 19.0 Å². The van der Waals surface area contributed by atoms with Crippen LogP contribution in [-0.2, 0) is 4.74 Å². The van der Waals surface area contributed by atoms with Gasteiger partial charge in [0.2, 0.25) is 0 Å². The zero-order valence-electron chi connectivity index (χ0n) is 13.9. The molecule has 1 aliphatic heterocycles. The summed E-state index contributed by atoms with van der Waals surface area (Å²) in [6.07, 6.45) is -0.104. The van der Waals surface area contributed by atoms with E-state index in [9.17, 15) is 4.79 Å². The van der Waals surface area contributed by atoms with E-state index in [1.807, 2.05) is 35.2 Å². The molecule has 0 aromatic heterocycles. The van der Waals surface area contributed by atoms with Crippen molar-refractivity contribution in [2.45, 2.75) is 6.10 Å². The third kappa shape index (κ3) is 3.36. The van der Waals surface area contributed by atoms with Gasteiger partial charge in [0.05, 0.1) is 32.9 Å². The highest BCUT2D eigenvalue weighted by atomic mass is 16.5. The Morgan fingerprint density at radius 2 is 1.92 bits per heavy atom. The summed E-state index contributed by atoms with van der Waals surface area (Å²) in [5.41, 5.74) is 1.61. The standard InChI is InChI=1S/C19H21NO4/c1-22-15-8-9-16(17(12-15)23-2)19(21)20-10-11-24-18(13-20)14-6-4-3-5-7-14/h3-9,12,18H,10-11,13H2,1-2H3. The predicted octanol–water partition coefficient (Wildman–Crippen LogP) is 2.92. The maximum absolute atomic E-state index is 12.9. The summed E-state index contributed by atoms with van der Waals surface area (Å²) in [5, 5.41) is 0. The molecule has 0 saturated carbocycles. The maximum atomic E-state index is 12.9. The Labute approximate surface area is 141 Å². The van der Waals surface area contributed by atoms with Crippen molar-refractivity contribution in [3.05, 3.63) is 59.7 Å². The molecular weight excluding hydrogens is 306 g/mol. The lowest BCUT2D eigenvalue weighted by molar-refractivity contribution is -0.0229. The number of benzene rings is 2. The summed E-state index contributed by atoms with van der Waals surface area (Å²) in [6, 6.07) is 15.2. The quantitative estimate of drug-likeness (QED) is 0.866. The van der Waals surface area contributed by atoms with Crippen LogP contribution in [0.25, 0.3) is 0 Å². The molecule has 1 atom stereocenters. The van der Waals surface area contributed by atoms with Crippen LogP contribution in [0.15, 0.2) is 48.5 Å². The van der Waals surface area contributed by atoms with Gasteiger partial charge in [-0.2, -0.15) is 0 Å². The molecule has 0 N–H and O–H groups in total. The van der Waals surface area contributed by atoms with Crippen molar-refractivity contribution in [2.75, 3.05) is 33.9 Å². The minimum atomic E-state index is -0.104. The second-order valence-electron chi connectivity index (χ2n) is 5.59. The molecule has 1 saturated heterocycles. The average molecular weight is 327 g/mol. The van der Waals surface area contributed by atoms with Crippen LogP contribution < -0.4 is 9.47 Å². The number of carbonyl (C=O) groups is 1. The predicted molar refractivity (Wildman–Crippen MR) is 90.6 cm³/mol. The van der Waals surface area contributed by atoms with E-state index in [2.05, 4.69) is 0 Å². The van der Waals surface area contributed by atoms with Crippen molar-refractivity contribution in [1.29, 1.82) is 0 Å². The minimum Gasteiger partial charge on any atom is -0.497 e. The lowest BCUT2D eigenvalue weighted by atomic mass is 10.1. The Bertz CT molecular complexity index is 702. The van der Waals surface area contributed by atoms with Crippen molar-refractivity contribution in [2.24, 2.45) is 0 Å². The number of hydrogen-bond donors (Lipinski definition) is 0. The Morgan fingerprint density at radius 1 is 1.12 bits per heavy atom. The minimum absolute atomic E-state index is 0.0567. The summed E-state index contributed by atoms with van der Waals surface area (Å²) >= 11 is 0. The molecular formula is C19H21NO4. The summed E-state index contributed by atoms with van der Waals surface area (Å²) < 4.78 is 16.4. The number of rotatable bonds is 4. The van der Waals surface area contributed by atoms with Gasteiger partial charge in [-0.15, -0.1) is 0 Å². The number of morpholine rings is 1. The molecule has 0 radical (unpaired) electrons. The van der Waals surface area contributed by atoms with Crippen LogP contribution in [0, 0.1) is 0 Å². The average Bonchev–Trinajstić information content (AvgIpc) is 2.67. The van der Waals surface area contributed by atoms with Crippen molar-refractivity contribution in [1.82, 2.24) is 4.90 Å². The van der Waals surface area contributed by atoms with Crippen molar-refractivity contribution in [3.63, 3.8) is 0 Å². The summed E-state index contributed by atoms with van der Waals surface area (Å²) in [4.78, 5) is 14.7. The van der Waals surface area contributed by atoms with Crippen molar-refractivity contribution in [3.8, 4) is 11.5 Å². The van der Waals surface area contributed by atoms with E-state index >= 15 is 0 Å². The molecule has 5 heteroatoms. The van der Waals surface area contributed by atoms with Crippen LogP contribution in [0.1, 0.15) is 22.0 Å². The third-order valence-corrected chi connectivity index (χ3v) is 4.16. The van der Waals surface area contributed by atoms with E-state index in [0.29, 0.717) is 36.8 Å². The molecule has 1 fully saturated rings. The van der Waals surface area contributed by atoms with Gasteiger partial charge < -0.3 is 19.1 Å². The third-order valence-electron chi connectivity index (χ3n) is 4.16. The fourth-order valence-corrected chi connectivity index (χ4v) is 2.85. The fourth-order valence-electron chi connectivity index (χ4n) is 2.85. The first-order valence-corrected chi connectivity index (χ1v) is 7.90. The van der Waals surface area contributed by atoms with Gasteiger partial charge in [-0.1, -0.05) is 30.3 Å². The first-order valence-electron chi connectivity index (χ1n) is 7.90. The lowest BCUT2D eigenvalue weighted by Gasteiger charge is -2.33. The maximum Gasteiger partial charge on any atom is 0.257 e. The van der Waals surface area contributed by atoms with Gasteiger partial charge in [-0.3, -0.25) is 4.79 Å². The number of ether oxygens (including phenoxy) is 3. The molecule has 126 valence electrons. The molecule has 1 unspecified atom stereocenters. The van der Waals surface area contributed by atoms with Crippen LogP contribution >= 0.6 is 0 Å². The zero-order valence-corrected chi connectivity index (χ0v) is 13.9.